The normalized spacial score (nSPS) is 13.0. The molecule has 1 nitrogen and oxygen atoms in total. The molecule has 0 atom stereocenters. The Morgan fingerprint density at radius 2 is 1.39 bits per heavy atom. The number of hydrogen-bond acceptors (Lipinski definition) is 2. The van der Waals surface area contributed by atoms with Gasteiger partial charge in [0, 0.05) is 15.2 Å². The van der Waals surface area contributed by atoms with E-state index in [0.717, 1.165) is 0 Å². The van der Waals surface area contributed by atoms with Crippen LogP contribution in [0.4, 0.5) is 11.4 Å². The SMILES string of the molecule is CC(C)(c1ccccc1)c1ccc2c(c1)Nc1ccccc1S2. The van der Waals surface area contributed by atoms with E-state index in [1.165, 1.54) is 32.3 Å². The highest BCUT2D eigenvalue weighted by Crippen LogP contribution is 2.45. The lowest BCUT2D eigenvalue weighted by Gasteiger charge is -2.28. The molecule has 0 spiro atoms. The van der Waals surface area contributed by atoms with Crippen molar-refractivity contribution >= 4 is 23.1 Å². The minimum absolute atomic E-state index is 0.0143. The van der Waals surface area contributed by atoms with Gasteiger partial charge >= 0.3 is 0 Å². The summed E-state index contributed by atoms with van der Waals surface area (Å²) in [5.74, 6) is 0. The second kappa shape index (κ2) is 5.47. The molecule has 0 aliphatic carbocycles. The van der Waals surface area contributed by atoms with E-state index in [1.807, 2.05) is 11.8 Å². The van der Waals surface area contributed by atoms with E-state index < -0.39 is 0 Å². The molecule has 114 valence electrons. The van der Waals surface area contributed by atoms with Crippen LogP contribution in [0.15, 0.2) is 82.6 Å². The largest absolute Gasteiger partial charge is 0.354 e. The summed E-state index contributed by atoms with van der Waals surface area (Å²) in [6, 6.07) is 26.0. The number of nitrogens with one attached hydrogen (secondary N) is 1. The summed E-state index contributed by atoms with van der Waals surface area (Å²) in [6.07, 6.45) is 0. The molecule has 0 aromatic heterocycles. The molecule has 1 N–H and O–H groups in total. The molecule has 0 amide bonds. The predicted octanol–water partition coefficient (Wildman–Crippen LogP) is 6.22. The highest BCUT2D eigenvalue weighted by Gasteiger charge is 2.25. The van der Waals surface area contributed by atoms with Crippen molar-refractivity contribution < 1.29 is 0 Å². The van der Waals surface area contributed by atoms with Gasteiger partial charge in [0.2, 0.25) is 0 Å². The van der Waals surface area contributed by atoms with E-state index in [2.05, 4.69) is 92.0 Å². The maximum Gasteiger partial charge on any atom is 0.0529 e. The fourth-order valence-corrected chi connectivity index (χ4v) is 4.02. The monoisotopic (exact) mass is 317 g/mol. The Labute approximate surface area is 141 Å². The van der Waals surface area contributed by atoms with Crippen molar-refractivity contribution in [3.8, 4) is 0 Å². The van der Waals surface area contributed by atoms with Crippen LogP contribution < -0.4 is 5.32 Å². The van der Waals surface area contributed by atoms with Crippen LogP contribution in [-0.2, 0) is 5.41 Å². The molecule has 0 saturated carbocycles. The maximum atomic E-state index is 3.58. The van der Waals surface area contributed by atoms with Gasteiger partial charge in [0.15, 0.2) is 0 Å². The van der Waals surface area contributed by atoms with Crippen LogP contribution >= 0.6 is 11.8 Å². The first-order valence-electron chi connectivity index (χ1n) is 7.88. The molecule has 1 heterocycles. The molecule has 1 aliphatic heterocycles. The van der Waals surface area contributed by atoms with Gasteiger partial charge in [0.25, 0.3) is 0 Å². The first kappa shape index (κ1) is 14.4. The van der Waals surface area contributed by atoms with Gasteiger partial charge in [-0.2, -0.15) is 0 Å². The third kappa shape index (κ3) is 2.53. The predicted molar refractivity (Wildman–Crippen MR) is 98.9 cm³/mol. The molecule has 2 heteroatoms. The highest BCUT2D eigenvalue weighted by atomic mass is 32.2. The summed E-state index contributed by atoms with van der Waals surface area (Å²) < 4.78 is 0. The van der Waals surface area contributed by atoms with Crippen LogP contribution in [0.5, 0.6) is 0 Å². The third-order valence-corrected chi connectivity index (χ3v) is 5.72. The standard InChI is InChI=1S/C21H19NS/c1-21(2,15-8-4-3-5-9-15)16-12-13-20-18(14-16)22-17-10-6-7-11-19(17)23-20/h3-14,22H,1-2H3. The second-order valence-electron chi connectivity index (χ2n) is 6.43. The Balaban J connectivity index is 1.74. The van der Waals surface area contributed by atoms with Crippen molar-refractivity contribution in [2.24, 2.45) is 0 Å². The fraction of sp³-hybridized carbons (Fsp3) is 0.143. The van der Waals surface area contributed by atoms with Gasteiger partial charge in [-0.25, -0.2) is 0 Å². The third-order valence-electron chi connectivity index (χ3n) is 4.57. The van der Waals surface area contributed by atoms with Crippen LogP contribution in [0.25, 0.3) is 0 Å². The van der Waals surface area contributed by atoms with Crippen molar-refractivity contribution in [2.75, 3.05) is 5.32 Å². The zero-order valence-electron chi connectivity index (χ0n) is 13.3. The summed E-state index contributed by atoms with van der Waals surface area (Å²) in [5.41, 5.74) is 5.05. The Kier molecular flexibility index (Phi) is 3.42. The summed E-state index contributed by atoms with van der Waals surface area (Å²) in [5, 5.41) is 3.58. The number of para-hydroxylation sites is 1. The average molecular weight is 317 g/mol. The molecule has 0 radical (unpaired) electrons. The number of anilines is 2. The zero-order chi connectivity index (χ0) is 15.9. The molecule has 3 aromatic carbocycles. The van der Waals surface area contributed by atoms with E-state index in [-0.39, 0.29) is 5.41 Å². The minimum Gasteiger partial charge on any atom is -0.354 e. The first-order chi connectivity index (χ1) is 11.1. The van der Waals surface area contributed by atoms with Crippen molar-refractivity contribution in [3.63, 3.8) is 0 Å². The van der Waals surface area contributed by atoms with Crippen molar-refractivity contribution in [1.82, 2.24) is 0 Å². The number of benzene rings is 3. The lowest BCUT2D eigenvalue weighted by Crippen LogP contribution is -2.19. The van der Waals surface area contributed by atoms with Gasteiger partial charge in [-0.3, -0.25) is 0 Å². The maximum absolute atomic E-state index is 3.58. The van der Waals surface area contributed by atoms with E-state index in [0.29, 0.717) is 0 Å². The number of rotatable bonds is 2. The quantitative estimate of drug-likeness (QED) is 0.471. The Morgan fingerprint density at radius 1 is 0.696 bits per heavy atom. The van der Waals surface area contributed by atoms with Crippen LogP contribution in [0.3, 0.4) is 0 Å². The van der Waals surface area contributed by atoms with Crippen molar-refractivity contribution in [3.05, 3.63) is 83.9 Å². The first-order valence-corrected chi connectivity index (χ1v) is 8.70. The molecule has 3 aromatic rings. The summed E-state index contributed by atoms with van der Waals surface area (Å²) in [4.78, 5) is 2.58. The van der Waals surface area contributed by atoms with E-state index in [9.17, 15) is 0 Å². The summed E-state index contributed by atoms with van der Waals surface area (Å²) in [6.45, 7) is 4.57. The number of hydrogen-bond donors (Lipinski definition) is 1. The zero-order valence-corrected chi connectivity index (χ0v) is 14.2. The van der Waals surface area contributed by atoms with Gasteiger partial charge in [0.1, 0.15) is 0 Å². The highest BCUT2D eigenvalue weighted by molar-refractivity contribution is 7.99. The van der Waals surface area contributed by atoms with E-state index in [4.69, 9.17) is 0 Å². The van der Waals surface area contributed by atoms with Crippen molar-refractivity contribution in [1.29, 1.82) is 0 Å². The molecule has 0 unspecified atom stereocenters. The van der Waals surface area contributed by atoms with Crippen molar-refractivity contribution in [2.45, 2.75) is 29.1 Å². The van der Waals surface area contributed by atoms with Crippen LogP contribution in [0.1, 0.15) is 25.0 Å². The van der Waals surface area contributed by atoms with E-state index >= 15 is 0 Å². The molecule has 0 saturated heterocycles. The lowest BCUT2D eigenvalue weighted by atomic mass is 9.78. The van der Waals surface area contributed by atoms with Crippen LogP contribution in [0, 0.1) is 0 Å². The molecule has 0 bridgehead atoms. The summed E-state index contributed by atoms with van der Waals surface area (Å²) >= 11 is 1.84. The van der Waals surface area contributed by atoms with Crippen LogP contribution in [0.2, 0.25) is 0 Å². The Bertz CT molecular complexity index is 853. The van der Waals surface area contributed by atoms with Crippen LogP contribution in [-0.4, -0.2) is 0 Å². The Hall–Kier alpha value is -2.19. The molecule has 4 rings (SSSR count). The average Bonchev–Trinajstić information content (AvgIpc) is 2.60. The molecular formula is C21H19NS. The molecule has 1 aliphatic rings. The van der Waals surface area contributed by atoms with Gasteiger partial charge in [-0.1, -0.05) is 74.1 Å². The summed E-state index contributed by atoms with van der Waals surface area (Å²) in [7, 11) is 0. The lowest BCUT2D eigenvalue weighted by molar-refractivity contribution is 0.640. The molecular weight excluding hydrogens is 298 g/mol. The topological polar surface area (TPSA) is 12.0 Å². The van der Waals surface area contributed by atoms with Gasteiger partial charge in [-0.05, 0) is 35.4 Å². The molecule has 0 fully saturated rings. The van der Waals surface area contributed by atoms with Gasteiger partial charge in [0.05, 0.1) is 11.4 Å². The van der Waals surface area contributed by atoms with E-state index in [1.54, 1.807) is 0 Å². The van der Waals surface area contributed by atoms with Gasteiger partial charge < -0.3 is 5.32 Å². The van der Waals surface area contributed by atoms with Gasteiger partial charge in [-0.15, -0.1) is 0 Å². The Morgan fingerprint density at radius 3 is 2.22 bits per heavy atom. The smallest absolute Gasteiger partial charge is 0.0529 e. The second-order valence-corrected chi connectivity index (χ2v) is 7.51. The minimum atomic E-state index is -0.0143. The fourth-order valence-electron chi connectivity index (χ4n) is 3.05. The molecule has 23 heavy (non-hydrogen) atoms. The number of fused-ring (bicyclic) bond motifs is 2.